The average Bonchev–Trinajstić information content (AvgIpc) is 2.96. The first-order valence-electron chi connectivity index (χ1n) is 9.22. The van der Waals surface area contributed by atoms with Gasteiger partial charge in [-0.2, -0.15) is 5.10 Å². The van der Waals surface area contributed by atoms with Crippen molar-refractivity contribution in [1.29, 1.82) is 0 Å². The van der Waals surface area contributed by atoms with Crippen molar-refractivity contribution in [3.63, 3.8) is 0 Å². The lowest BCUT2D eigenvalue weighted by Crippen LogP contribution is -2.13. The largest absolute Gasteiger partial charge is 0.492 e. The van der Waals surface area contributed by atoms with Crippen molar-refractivity contribution >= 4 is 11.6 Å². The van der Waals surface area contributed by atoms with Gasteiger partial charge in [0.25, 0.3) is 0 Å². The molecular weight excluding hydrogens is 338 g/mol. The molecule has 1 heterocycles. The SMILES string of the molecule is CCOc1ccccc1NC(=O)CCc1c(C)nn(-c2ccccc2)c1C. The second-order valence-electron chi connectivity index (χ2n) is 6.37. The molecule has 0 aliphatic rings. The van der Waals surface area contributed by atoms with E-state index in [1.54, 1.807) is 0 Å². The number of aryl methyl sites for hydroxylation is 1. The minimum Gasteiger partial charge on any atom is -0.492 e. The van der Waals surface area contributed by atoms with Gasteiger partial charge in [0.15, 0.2) is 0 Å². The maximum absolute atomic E-state index is 12.4. The lowest BCUT2D eigenvalue weighted by atomic mass is 10.1. The Bertz CT molecular complexity index is 917. The molecule has 2 aromatic carbocycles. The summed E-state index contributed by atoms with van der Waals surface area (Å²) < 4.78 is 7.50. The second-order valence-corrected chi connectivity index (χ2v) is 6.37. The fourth-order valence-corrected chi connectivity index (χ4v) is 3.16. The number of carbonyl (C=O) groups is 1. The van der Waals surface area contributed by atoms with Gasteiger partial charge >= 0.3 is 0 Å². The molecule has 0 saturated heterocycles. The summed E-state index contributed by atoms with van der Waals surface area (Å²) in [5.74, 6) is 0.658. The maximum atomic E-state index is 12.4. The van der Waals surface area contributed by atoms with E-state index in [0.717, 1.165) is 22.6 Å². The summed E-state index contributed by atoms with van der Waals surface area (Å²) in [7, 11) is 0. The van der Waals surface area contributed by atoms with E-state index in [9.17, 15) is 4.79 Å². The second kappa shape index (κ2) is 8.54. The molecule has 0 fully saturated rings. The Morgan fingerprint density at radius 1 is 1.07 bits per heavy atom. The molecule has 0 saturated carbocycles. The highest BCUT2D eigenvalue weighted by Gasteiger charge is 2.15. The normalized spacial score (nSPS) is 10.6. The molecule has 3 aromatic rings. The predicted octanol–water partition coefficient (Wildman–Crippen LogP) is 4.46. The molecule has 0 aliphatic carbocycles. The number of hydrogen-bond acceptors (Lipinski definition) is 3. The lowest BCUT2D eigenvalue weighted by molar-refractivity contribution is -0.116. The number of hydrogen-bond donors (Lipinski definition) is 1. The van der Waals surface area contributed by atoms with Crippen molar-refractivity contribution in [3.8, 4) is 11.4 Å². The van der Waals surface area contributed by atoms with Gasteiger partial charge in [-0.15, -0.1) is 0 Å². The summed E-state index contributed by atoms with van der Waals surface area (Å²) in [6, 6.07) is 17.5. The third-order valence-corrected chi connectivity index (χ3v) is 4.50. The molecule has 1 N–H and O–H groups in total. The van der Waals surface area contributed by atoms with Gasteiger partial charge in [-0.3, -0.25) is 4.79 Å². The van der Waals surface area contributed by atoms with Crippen LogP contribution in [0.25, 0.3) is 5.69 Å². The van der Waals surface area contributed by atoms with Crippen LogP contribution < -0.4 is 10.1 Å². The van der Waals surface area contributed by atoms with Gasteiger partial charge in [0.05, 0.1) is 23.7 Å². The van der Waals surface area contributed by atoms with Crippen LogP contribution in [0.15, 0.2) is 54.6 Å². The topological polar surface area (TPSA) is 56.1 Å². The maximum Gasteiger partial charge on any atom is 0.224 e. The zero-order chi connectivity index (χ0) is 19.2. The third kappa shape index (κ3) is 4.37. The summed E-state index contributed by atoms with van der Waals surface area (Å²) in [6.45, 7) is 6.52. The smallest absolute Gasteiger partial charge is 0.224 e. The lowest BCUT2D eigenvalue weighted by Gasteiger charge is -2.11. The van der Waals surface area contributed by atoms with Gasteiger partial charge < -0.3 is 10.1 Å². The fraction of sp³-hybridized carbons (Fsp3) is 0.273. The Hall–Kier alpha value is -3.08. The van der Waals surface area contributed by atoms with Gasteiger partial charge in [0, 0.05) is 12.1 Å². The first-order chi connectivity index (χ1) is 13.1. The quantitative estimate of drug-likeness (QED) is 0.674. The van der Waals surface area contributed by atoms with E-state index in [2.05, 4.69) is 10.4 Å². The number of aromatic nitrogens is 2. The summed E-state index contributed by atoms with van der Waals surface area (Å²) in [6.07, 6.45) is 1.04. The number of nitrogens with one attached hydrogen (secondary N) is 1. The molecule has 140 valence electrons. The zero-order valence-corrected chi connectivity index (χ0v) is 16.0. The molecule has 5 nitrogen and oxygen atoms in total. The van der Waals surface area contributed by atoms with Gasteiger partial charge in [-0.25, -0.2) is 4.68 Å². The average molecular weight is 363 g/mol. The van der Waals surface area contributed by atoms with E-state index in [4.69, 9.17) is 4.74 Å². The van der Waals surface area contributed by atoms with Crippen molar-refractivity contribution in [2.45, 2.75) is 33.6 Å². The van der Waals surface area contributed by atoms with Crippen LogP contribution in [0.4, 0.5) is 5.69 Å². The highest BCUT2D eigenvalue weighted by Crippen LogP contribution is 2.24. The number of carbonyl (C=O) groups excluding carboxylic acids is 1. The fourth-order valence-electron chi connectivity index (χ4n) is 3.16. The Labute approximate surface area is 160 Å². The monoisotopic (exact) mass is 363 g/mol. The molecule has 0 aliphatic heterocycles. The molecule has 1 aromatic heterocycles. The molecular formula is C22H25N3O2. The highest BCUT2D eigenvalue weighted by molar-refractivity contribution is 5.92. The molecule has 27 heavy (non-hydrogen) atoms. The van der Waals surface area contributed by atoms with E-state index < -0.39 is 0 Å². The van der Waals surface area contributed by atoms with E-state index in [1.165, 1.54) is 0 Å². The summed E-state index contributed by atoms with van der Waals surface area (Å²) in [5.41, 5.74) is 4.88. The summed E-state index contributed by atoms with van der Waals surface area (Å²) in [5, 5.41) is 7.60. The third-order valence-electron chi connectivity index (χ3n) is 4.50. The van der Waals surface area contributed by atoms with Crippen LogP contribution in [0.5, 0.6) is 5.75 Å². The highest BCUT2D eigenvalue weighted by atomic mass is 16.5. The Balaban J connectivity index is 1.69. The number of para-hydroxylation sites is 3. The first kappa shape index (κ1) is 18.7. The Kier molecular flexibility index (Phi) is 5.91. The molecule has 0 unspecified atom stereocenters. The molecule has 0 atom stereocenters. The molecule has 0 bridgehead atoms. The van der Waals surface area contributed by atoms with E-state index in [1.807, 2.05) is 80.1 Å². The van der Waals surface area contributed by atoms with Crippen molar-refractivity contribution in [2.75, 3.05) is 11.9 Å². The van der Waals surface area contributed by atoms with Crippen LogP contribution in [0.2, 0.25) is 0 Å². The van der Waals surface area contributed by atoms with Crippen molar-refractivity contribution in [2.24, 2.45) is 0 Å². The van der Waals surface area contributed by atoms with Crippen LogP contribution in [-0.4, -0.2) is 22.3 Å². The summed E-state index contributed by atoms with van der Waals surface area (Å²) in [4.78, 5) is 12.4. The van der Waals surface area contributed by atoms with Crippen LogP contribution in [-0.2, 0) is 11.2 Å². The minimum atomic E-state index is -0.0339. The Morgan fingerprint density at radius 3 is 2.52 bits per heavy atom. The molecule has 3 rings (SSSR count). The van der Waals surface area contributed by atoms with Crippen molar-refractivity contribution in [1.82, 2.24) is 9.78 Å². The molecule has 0 radical (unpaired) electrons. The van der Waals surface area contributed by atoms with Gasteiger partial charge in [-0.1, -0.05) is 30.3 Å². The van der Waals surface area contributed by atoms with Crippen LogP contribution in [0.3, 0.4) is 0 Å². The molecule has 5 heteroatoms. The number of anilines is 1. The number of amides is 1. The van der Waals surface area contributed by atoms with Crippen LogP contribution in [0.1, 0.15) is 30.3 Å². The van der Waals surface area contributed by atoms with Crippen LogP contribution >= 0.6 is 0 Å². The predicted molar refractivity (Wildman–Crippen MR) is 108 cm³/mol. The number of ether oxygens (including phenoxy) is 1. The molecule has 1 amide bonds. The van der Waals surface area contributed by atoms with Crippen LogP contribution in [0, 0.1) is 13.8 Å². The number of rotatable bonds is 7. The minimum absolute atomic E-state index is 0.0339. The Morgan fingerprint density at radius 2 is 1.78 bits per heavy atom. The van der Waals surface area contributed by atoms with E-state index in [-0.39, 0.29) is 5.91 Å². The van der Waals surface area contributed by atoms with E-state index >= 15 is 0 Å². The van der Waals surface area contributed by atoms with Crippen molar-refractivity contribution < 1.29 is 9.53 Å². The van der Waals surface area contributed by atoms with Gasteiger partial charge in [0.1, 0.15) is 5.75 Å². The van der Waals surface area contributed by atoms with Crippen molar-refractivity contribution in [3.05, 3.63) is 71.5 Å². The zero-order valence-electron chi connectivity index (χ0n) is 16.0. The van der Waals surface area contributed by atoms with E-state index in [0.29, 0.717) is 30.9 Å². The van der Waals surface area contributed by atoms with Gasteiger partial charge in [0.2, 0.25) is 5.91 Å². The summed E-state index contributed by atoms with van der Waals surface area (Å²) >= 11 is 0. The van der Waals surface area contributed by atoms with Gasteiger partial charge in [-0.05, 0) is 57.0 Å². The number of benzene rings is 2. The number of nitrogens with zero attached hydrogens (tertiary/aromatic N) is 2. The molecule has 0 spiro atoms. The first-order valence-corrected chi connectivity index (χ1v) is 9.22. The standard InChI is InChI=1S/C22H25N3O2/c1-4-27-21-13-9-8-12-20(21)23-22(26)15-14-19-16(2)24-25(17(19)3)18-10-6-5-7-11-18/h5-13H,4,14-15H2,1-3H3,(H,23,26).